The molecule has 2 aromatic rings. The van der Waals surface area contributed by atoms with Crippen LogP contribution >= 0.6 is 22.9 Å². The Balaban J connectivity index is 2.20. The van der Waals surface area contributed by atoms with Crippen molar-refractivity contribution >= 4 is 22.9 Å². The molecule has 0 radical (unpaired) electrons. The van der Waals surface area contributed by atoms with E-state index in [0.29, 0.717) is 6.42 Å². The third-order valence-electron chi connectivity index (χ3n) is 2.50. The average molecular weight is 268 g/mol. The Kier molecular flexibility index (Phi) is 3.61. The van der Waals surface area contributed by atoms with Crippen LogP contribution in [0.3, 0.4) is 0 Å². The standard InChI is InChI=1S/C12H16N2OS2/c1-12(2,3)11-10(17-14-13-11)9(15)7-8-5-4-6-16-8/h4-6,9,15H,7H2,1-3H3. The highest BCUT2D eigenvalue weighted by atomic mass is 32.1. The van der Waals surface area contributed by atoms with Gasteiger partial charge in [-0.2, -0.15) is 0 Å². The van der Waals surface area contributed by atoms with Crippen LogP contribution in [-0.4, -0.2) is 14.7 Å². The fourth-order valence-electron chi connectivity index (χ4n) is 1.65. The first kappa shape index (κ1) is 12.7. The van der Waals surface area contributed by atoms with Crippen molar-refractivity contribution in [2.24, 2.45) is 0 Å². The van der Waals surface area contributed by atoms with Crippen molar-refractivity contribution in [2.45, 2.75) is 38.7 Å². The zero-order valence-corrected chi connectivity index (χ0v) is 11.8. The van der Waals surface area contributed by atoms with E-state index in [4.69, 9.17) is 0 Å². The van der Waals surface area contributed by atoms with Crippen molar-refractivity contribution < 1.29 is 5.11 Å². The minimum atomic E-state index is -0.497. The Hall–Kier alpha value is -0.780. The van der Waals surface area contributed by atoms with Crippen molar-refractivity contribution in [2.75, 3.05) is 0 Å². The summed E-state index contributed by atoms with van der Waals surface area (Å²) < 4.78 is 3.97. The van der Waals surface area contributed by atoms with Crippen LogP contribution in [0.2, 0.25) is 0 Å². The van der Waals surface area contributed by atoms with Crippen LogP contribution in [0.15, 0.2) is 17.5 Å². The van der Waals surface area contributed by atoms with Crippen molar-refractivity contribution in [1.82, 2.24) is 9.59 Å². The SMILES string of the molecule is CC(C)(C)c1nnsc1C(O)Cc1cccs1. The molecule has 1 N–H and O–H groups in total. The lowest BCUT2D eigenvalue weighted by Gasteiger charge is -2.18. The molecule has 2 heterocycles. The Morgan fingerprint density at radius 3 is 2.76 bits per heavy atom. The first-order chi connectivity index (χ1) is 7.98. The van der Waals surface area contributed by atoms with Crippen LogP contribution in [0.1, 0.15) is 42.3 Å². The minimum absolute atomic E-state index is 0.0707. The fourth-order valence-corrected chi connectivity index (χ4v) is 3.24. The number of hydrogen-bond acceptors (Lipinski definition) is 5. The molecule has 0 bridgehead atoms. The molecular weight excluding hydrogens is 252 g/mol. The third-order valence-corrected chi connectivity index (χ3v) is 4.23. The van der Waals surface area contributed by atoms with Gasteiger partial charge in [0.15, 0.2) is 0 Å². The topological polar surface area (TPSA) is 46.0 Å². The smallest absolute Gasteiger partial charge is 0.0965 e. The maximum Gasteiger partial charge on any atom is 0.0965 e. The Bertz CT molecular complexity index is 471. The Labute approximate surface area is 109 Å². The van der Waals surface area contributed by atoms with E-state index in [9.17, 15) is 5.11 Å². The zero-order valence-electron chi connectivity index (χ0n) is 10.2. The van der Waals surface area contributed by atoms with Gasteiger partial charge in [-0.15, -0.1) is 16.4 Å². The van der Waals surface area contributed by atoms with Crippen LogP contribution in [0.4, 0.5) is 0 Å². The van der Waals surface area contributed by atoms with Gasteiger partial charge in [0.05, 0.1) is 16.7 Å². The maximum absolute atomic E-state index is 10.3. The number of thiophene rings is 1. The van der Waals surface area contributed by atoms with E-state index in [2.05, 4.69) is 30.4 Å². The summed E-state index contributed by atoms with van der Waals surface area (Å²) in [5.41, 5.74) is 0.838. The van der Waals surface area contributed by atoms with Crippen LogP contribution in [0, 0.1) is 0 Å². The predicted octanol–water partition coefficient (Wildman–Crippen LogP) is 3.17. The highest BCUT2D eigenvalue weighted by Gasteiger charge is 2.26. The highest BCUT2D eigenvalue weighted by Crippen LogP contribution is 2.32. The van der Waals surface area contributed by atoms with Gasteiger partial charge in [0, 0.05) is 16.7 Å². The second-order valence-corrected chi connectivity index (χ2v) is 6.85. The Morgan fingerprint density at radius 2 is 2.18 bits per heavy atom. The van der Waals surface area contributed by atoms with E-state index in [0.717, 1.165) is 10.6 Å². The van der Waals surface area contributed by atoms with E-state index in [1.165, 1.54) is 16.4 Å². The zero-order chi connectivity index (χ0) is 12.5. The molecule has 0 fully saturated rings. The molecule has 17 heavy (non-hydrogen) atoms. The highest BCUT2D eigenvalue weighted by molar-refractivity contribution is 7.10. The molecule has 0 saturated heterocycles. The molecular formula is C12H16N2OS2. The first-order valence-electron chi connectivity index (χ1n) is 5.51. The van der Waals surface area contributed by atoms with E-state index < -0.39 is 6.10 Å². The van der Waals surface area contributed by atoms with E-state index >= 15 is 0 Å². The van der Waals surface area contributed by atoms with Crippen molar-refractivity contribution in [3.63, 3.8) is 0 Å². The van der Waals surface area contributed by atoms with Gasteiger partial charge in [0.2, 0.25) is 0 Å². The molecule has 3 nitrogen and oxygen atoms in total. The Morgan fingerprint density at radius 1 is 1.41 bits per heavy atom. The lowest BCUT2D eigenvalue weighted by Crippen LogP contribution is -2.16. The molecule has 0 aliphatic heterocycles. The van der Waals surface area contributed by atoms with Crippen molar-refractivity contribution in [1.29, 1.82) is 0 Å². The second kappa shape index (κ2) is 4.84. The fraction of sp³-hybridized carbons (Fsp3) is 0.500. The number of aliphatic hydroxyl groups is 1. The number of aromatic nitrogens is 2. The summed E-state index contributed by atoms with van der Waals surface area (Å²) in [7, 11) is 0. The number of hydrogen-bond donors (Lipinski definition) is 1. The van der Waals surface area contributed by atoms with E-state index in [-0.39, 0.29) is 5.41 Å². The van der Waals surface area contributed by atoms with Crippen LogP contribution in [0.5, 0.6) is 0 Å². The number of aliphatic hydroxyl groups excluding tert-OH is 1. The van der Waals surface area contributed by atoms with Gasteiger partial charge in [-0.25, -0.2) is 0 Å². The molecule has 0 aliphatic carbocycles. The summed E-state index contributed by atoms with van der Waals surface area (Å²) in [6.45, 7) is 6.27. The minimum Gasteiger partial charge on any atom is -0.387 e. The van der Waals surface area contributed by atoms with Gasteiger partial charge >= 0.3 is 0 Å². The molecule has 0 spiro atoms. The van der Waals surface area contributed by atoms with Gasteiger partial charge in [-0.1, -0.05) is 31.3 Å². The lowest BCUT2D eigenvalue weighted by atomic mass is 9.90. The molecule has 0 saturated carbocycles. The van der Waals surface area contributed by atoms with Crippen molar-refractivity contribution in [3.05, 3.63) is 33.0 Å². The summed E-state index contributed by atoms with van der Waals surface area (Å²) in [6, 6.07) is 4.04. The molecule has 1 unspecified atom stereocenters. The monoisotopic (exact) mass is 268 g/mol. The first-order valence-corrected chi connectivity index (χ1v) is 7.17. The predicted molar refractivity (Wildman–Crippen MR) is 71.6 cm³/mol. The lowest BCUT2D eigenvalue weighted by molar-refractivity contribution is 0.180. The van der Waals surface area contributed by atoms with Crippen molar-refractivity contribution in [3.8, 4) is 0 Å². The summed E-state index contributed by atoms with van der Waals surface area (Å²) in [4.78, 5) is 2.08. The number of rotatable bonds is 3. The summed E-state index contributed by atoms with van der Waals surface area (Å²) >= 11 is 2.97. The second-order valence-electron chi connectivity index (χ2n) is 5.04. The molecule has 0 aromatic carbocycles. The van der Waals surface area contributed by atoms with Gasteiger partial charge < -0.3 is 5.11 Å². The molecule has 2 rings (SSSR count). The third kappa shape index (κ3) is 2.91. The molecule has 5 heteroatoms. The van der Waals surface area contributed by atoms with Gasteiger partial charge in [0.1, 0.15) is 0 Å². The summed E-state index contributed by atoms with van der Waals surface area (Å²) in [5, 5.41) is 16.4. The molecule has 0 amide bonds. The average Bonchev–Trinajstić information content (AvgIpc) is 2.85. The normalized spacial score (nSPS) is 13.9. The molecule has 0 aliphatic rings. The largest absolute Gasteiger partial charge is 0.387 e. The quantitative estimate of drug-likeness (QED) is 0.930. The summed E-state index contributed by atoms with van der Waals surface area (Å²) in [5.74, 6) is 0. The van der Waals surface area contributed by atoms with E-state index in [1.54, 1.807) is 11.3 Å². The summed E-state index contributed by atoms with van der Waals surface area (Å²) in [6.07, 6.45) is 0.146. The van der Waals surface area contributed by atoms with Crippen LogP contribution in [0.25, 0.3) is 0 Å². The molecule has 1 atom stereocenters. The molecule has 2 aromatic heterocycles. The van der Waals surface area contributed by atoms with Gasteiger partial charge in [-0.05, 0) is 23.0 Å². The molecule has 92 valence electrons. The van der Waals surface area contributed by atoms with Gasteiger partial charge in [0.25, 0.3) is 0 Å². The van der Waals surface area contributed by atoms with Crippen LogP contribution < -0.4 is 0 Å². The maximum atomic E-state index is 10.3. The van der Waals surface area contributed by atoms with Crippen LogP contribution in [-0.2, 0) is 11.8 Å². The van der Waals surface area contributed by atoms with E-state index in [1.807, 2.05) is 17.5 Å². The number of nitrogens with zero attached hydrogens (tertiary/aromatic N) is 2. The van der Waals surface area contributed by atoms with Gasteiger partial charge in [-0.3, -0.25) is 0 Å².